The first-order valence-electron chi connectivity index (χ1n) is 9.91. The summed E-state index contributed by atoms with van der Waals surface area (Å²) in [7, 11) is 1.79. The van der Waals surface area contributed by atoms with E-state index in [9.17, 15) is 9.18 Å². The number of carbonyl (C=O) groups excluding carboxylic acids is 1. The average molecular weight is 479 g/mol. The number of anilines is 1. The molecule has 0 bridgehead atoms. The molecular formula is C23H16ClFN6OS. The minimum Gasteiger partial charge on any atom is -0.296 e. The Morgan fingerprint density at radius 2 is 1.91 bits per heavy atom. The normalized spacial score (nSPS) is 11.2. The summed E-state index contributed by atoms with van der Waals surface area (Å²) in [6.45, 7) is 1.83. The van der Waals surface area contributed by atoms with Gasteiger partial charge in [-0.25, -0.2) is 9.37 Å². The molecule has 2 aromatic carbocycles. The van der Waals surface area contributed by atoms with Crippen molar-refractivity contribution in [2.24, 2.45) is 7.05 Å². The summed E-state index contributed by atoms with van der Waals surface area (Å²) in [6, 6.07) is 15.7. The van der Waals surface area contributed by atoms with Gasteiger partial charge < -0.3 is 0 Å². The van der Waals surface area contributed by atoms with Crippen LogP contribution in [-0.4, -0.2) is 30.9 Å². The molecule has 0 saturated carbocycles. The van der Waals surface area contributed by atoms with Crippen molar-refractivity contribution in [3.8, 4) is 21.8 Å². The molecule has 5 rings (SSSR count). The van der Waals surface area contributed by atoms with Gasteiger partial charge in [0.1, 0.15) is 5.82 Å². The van der Waals surface area contributed by atoms with Crippen LogP contribution in [-0.2, 0) is 7.05 Å². The third kappa shape index (κ3) is 3.85. The zero-order valence-electron chi connectivity index (χ0n) is 17.5. The van der Waals surface area contributed by atoms with Crippen molar-refractivity contribution in [3.63, 3.8) is 0 Å². The highest BCUT2D eigenvalue weighted by Gasteiger charge is 2.21. The Morgan fingerprint density at radius 3 is 2.67 bits per heavy atom. The van der Waals surface area contributed by atoms with Crippen molar-refractivity contribution < 1.29 is 9.18 Å². The number of fused-ring (bicyclic) bond motifs is 1. The van der Waals surface area contributed by atoms with Crippen molar-refractivity contribution in [3.05, 3.63) is 76.7 Å². The maximum Gasteiger partial charge on any atom is 0.258 e. The molecule has 1 amide bonds. The van der Waals surface area contributed by atoms with Gasteiger partial charge in [-0.3, -0.25) is 14.8 Å². The fraction of sp³-hybridized carbons (Fsp3) is 0.0870. The van der Waals surface area contributed by atoms with E-state index in [4.69, 9.17) is 16.6 Å². The summed E-state index contributed by atoms with van der Waals surface area (Å²) in [4.78, 5) is 18.0. The SMILES string of the molecule is Cc1nn(C)c2nc(-c3ccccc3)cc(C(=O)Nc3nnc(-c4c(F)cccc4Cl)s3)c12. The van der Waals surface area contributed by atoms with E-state index in [2.05, 4.69) is 20.6 Å². The van der Waals surface area contributed by atoms with Crippen LogP contribution in [0.2, 0.25) is 5.02 Å². The van der Waals surface area contributed by atoms with Crippen LogP contribution in [0, 0.1) is 12.7 Å². The molecule has 0 aliphatic rings. The molecule has 10 heteroatoms. The summed E-state index contributed by atoms with van der Waals surface area (Å²) >= 11 is 7.17. The quantitative estimate of drug-likeness (QED) is 0.368. The van der Waals surface area contributed by atoms with E-state index in [1.165, 1.54) is 12.1 Å². The van der Waals surface area contributed by atoms with Crippen LogP contribution in [0.4, 0.5) is 9.52 Å². The molecule has 3 heterocycles. The van der Waals surface area contributed by atoms with E-state index in [-0.39, 0.29) is 20.7 Å². The number of nitrogens with zero attached hydrogens (tertiary/aromatic N) is 5. The number of amides is 1. The van der Waals surface area contributed by atoms with Gasteiger partial charge in [0.25, 0.3) is 5.91 Å². The topological polar surface area (TPSA) is 85.6 Å². The van der Waals surface area contributed by atoms with E-state index < -0.39 is 11.7 Å². The number of aromatic nitrogens is 5. The lowest BCUT2D eigenvalue weighted by atomic mass is 10.1. The van der Waals surface area contributed by atoms with Crippen LogP contribution in [0.5, 0.6) is 0 Å². The fourth-order valence-corrected chi connectivity index (χ4v) is 4.73. The highest BCUT2D eigenvalue weighted by Crippen LogP contribution is 2.34. The lowest BCUT2D eigenvalue weighted by Crippen LogP contribution is -2.13. The van der Waals surface area contributed by atoms with E-state index >= 15 is 0 Å². The maximum absolute atomic E-state index is 14.3. The molecule has 7 nitrogen and oxygen atoms in total. The molecule has 0 aliphatic heterocycles. The van der Waals surface area contributed by atoms with Gasteiger partial charge in [-0.05, 0) is 25.1 Å². The maximum atomic E-state index is 14.3. The van der Waals surface area contributed by atoms with E-state index in [0.29, 0.717) is 28.0 Å². The number of rotatable bonds is 4. The highest BCUT2D eigenvalue weighted by molar-refractivity contribution is 7.18. The Hall–Kier alpha value is -3.69. The number of carbonyl (C=O) groups is 1. The molecule has 0 atom stereocenters. The van der Waals surface area contributed by atoms with Gasteiger partial charge in [0.2, 0.25) is 5.13 Å². The van der Waals surface area contributed by atoms with Crippen LogP contribution in [0.3, 0.4) is 0 Å². The zero-order chi connectivity index (χ0) is 23.1. The summed E-state index contributed by atoms with van der Waals surface area (Å²) in [6.07, 6.45) is 0. The molecule has 0 unspecified atom stereocenters. The minimum absolute atomic E-state index is 0.151. The first-order chi connectivity index (χ1) is 15.9. The van der Waals surface area contributed by atoms with E-state index in [1.54, 1.807) is 23.9 Å². The smallest absolute Gasteiger partial charge is 0.258 e. The van der Waals surface area contributed by atoms with Crippen LogP contribution in [0.1, 0.15) is 16.1 Å². The van der Waals surface area contributed by atoms with Crippen LogP contribution >= 0.6 is 22.9 Å². The third-order valence-electron chi connectivity index (χ3n) is 5.10. The number of pyridine rings is 1. The Kier molecular flexibility index (Phi) is 5.35. The monoisotopic (exact) mass is 478 g/mol. The molecule has 33 heavy (non-hydrogen) atoms. The third-order valence-corrected chi connectivity index (χ3v) is 6.28. The molecule has 0 fully saturated rings. The molecule has 0 saturated heterocycles. The van der Waals surface area contributed by atoms with Gasteiger partial charge in [0.05, 0.1) is 32.9 Å². The molecule has 0 aliphatic carbocycles. The van der Waals surface area contributed by atoms with Gasteiger partial charge in [0, 0.05) is 12.6 Å². The number of aryl methyl sites for hydroxylation is 2. The predicted molar refractivity (Wildman–Crippen MR) is 127 cm³/mol. The van der Waals surface area contributed by atoms with Gasteiger partial charge in [-0.15, -0.1) is 10.2 Å². The standard InChI is InChI=1S/C23H16ClFN6OS/c1-12-18-14(11-17(13-7-4-3-5-8-13)26-20(18)31(2)30-12)21(32)27-23-29-28-22(33-23)19-15(24)9-6-10-16(19)25/h3-11H,1-2H3,(H,27,29,32). The first kappa shape index (κ1) is 21.2. The second kappa shape index (κ2) is 8.34. The summed E-state index contributed by atoms with van der Waals surface area (Å²) < 4.78 is 15.9. The largest absolute Gasteiger partial charge is 0.296 e. The van der Waals surface area contributed by atoms with Crippen LogP contribution in [0.25, 0.3) is 32.9 Å². The van der Waals surface area contributed by atoms with Gasteiger partial charge in [-0.2, -0.15) is 5.10 Å². The first-order valence-corrected chi connectivity index (χ1v) is 11.1. The summed E-state index contributed by atoms with van der Waals surface area (Å²) in [5.41, 5.74) is 3.35. The fourth-order valence-electron chi connectivity index (χ4n) is 3.62. The molecule has 3 aromatic heterocycles. The molecule has 0 spiro atoms. The summed E-state index contributed by atoms with van der Waals surface area (Å²) in [5.74, 6) is -0.899. The van der Waals surface area contributed by atoms with Crippen LogP contribution in [0.15, 0.2) is 54.6 Å². The number of hydrogen-bond donors (Lipinski definition) is 1. The lowest BCUT2D eigenvalue weighted by molar-refractivity contribution is 0.102. The van der Waals surface area contributed by atoms with E-state index in [1.807, 2.05) is 37.3 Å². The van der Waals surface area contributed by atoms with Crippen molar-refractivity contribution in [1.82, 2.24) is 25.0 Å². The van der Waals surface area contributed by atoms with Crippen molar-refractivity contribution in [1.29, 1.82) is 0 Å². The molecular weight excluding hydrogens is 463 g/mol. The van der Waals surface area contributed by atoms with Crippen molar-refractivity contribution in [2.45, 2.75) is 6.92 Å². The number of benzene rings is 2. The lowest BCUT2D eigenvalue weighted by Gasteiger charge is -2.08. The van der Waals surface area contributed by atoms with Crippen molar-refractivity contribution >= 4 is 45.0 Å². The zero-order valence-corrected chi connectivity index (χ0v) is 19.1. The van der Waals surface area contributed by atoms with Crippen molar-refractivity contribution in [2.75, 3.05) is 5.32 Å². The number of hydrogen-bond acceptors (Lipinski definition) is 6. The Bertz CT molecular complexity index is 1490. The van der Waals surface area contributed by atoms with Gasteiger partial charge in [0.15, 0.2) is 10.7 Å². The van der Waals surface area contributed by atoms with Gasteiger partial charge >= 0.3 is 0 Å². The molecule has 0 radical (unpaired) electrons. The van der Waals surface area contributed by atoms with E-state index in [0.717, 1.165) is 16.9 Å². The average Bonchev–Trinajstić information content (AvgIpc) is 3.37. The Morgan fingerprint density at radius 1 is 1.12 bits per heavy atom. The van der Waals surface area contributed by atoms with Gasteiger partial charge in [-0.1, -0.05) is 59.3 Å². The Labute approximate surface area is 196 Å². The number of nitrogens with one attached hydrogen (secondary N) is 1. The predicted octanol–water partition coefficient (Wildman–Crippen LogP) is 5.51. The number of halogens is 2. The highest BCUT2D eigenvalue weighted by atomic mass is 35.5. The molecule has 164 valence electrons. The van der Waals surface area contributed by atoms with Crippen LogP contribution < -0.4 is 5.32 Å². The molecule has 1 N–H and O–H groups in total. The summed E-state index contributed by atoms with van der Waals surface area (Å²) in [5, 5.41) is 16.6. The Balaban J connectivity index is 1.55. The second-order valence-electron chi connectivity index (χ2n) is 7.29. The second-order valence-corrected chi connectivity index (χ2v) is 8.68. The molecule has 5 aromatic rings. The minimum atomic E-state index is -0.508.